The summed E-state index contributed by atoms with van der Waals surface area (Å²) in [6.45, 7) is 2.15. The van der Waals surface area contributed by atoms with E-state index in [9.17, 15) is 9.59 Å². The molecule has 6 nitrogen and oxygen atoms in total. The molecular formula is C12H18N2O4. The minimum absolute atomic E-state index is 0.0932. The predicted molar refractivity (Wildman–Crippen MR) is 65.0 cm³/mol. The van der Waals surface area contributed by atoms with E-state index in [2.05, 4.69) is 5.32 Å². The maximum atomic E-state index is 11.8. The number of aliphatic carboxylic acids is 1. The van der Waals surface area contributed by atoms with Crippen molar-refractivity contribution in [2.75, 3.05) is 0 Å². The minimum atomic E-state index is -0.934. The summed E-state index contributed by atoms with van der Waals surface area (Å²) in [6.07, 6.45) is 1.32. The zero-order valence-corrected chi connectivity index (χ0v) is 10.3. The van der Waals surface area contributed by atoms with E-state index in [1.807, 2.05) is 6.92 Å². The number of amides is 1. The molecule has 1 heterocycles. The van der Waals surface area contributed by atoms with Crippen molar-refractivity contribution in [2.24, 2.45) is 5.73 Å². The van der Waals surface area contributed by atoms with Crippen LogP contribution >= 0.6 is 0 Å². The van der Waals surface area contributed by atoms with Crippen molar-refractivity contribution in [2.45, 2.75) is 38.8 Å². The van der Waals surface area contributed by atoms with E-state index < -0.39 is 11.9 Å². The quantitative estimate of drug-likeness (QED) is 0.676. The van der Waals surface area contributed by atoms with Crippen LogP contribution in [0.4, 0.5) is 0 Å². The maximum Gasteiger partial charge on any atom is 0.305 e. The van der Waals surface area contributed by atoms with Crippen LogP contribution in [0.3, 0.4) is 0 Å². The molecule has 0 saturated heterocycles. The fourth-order valence-electron chi connectivity index (χ4n) is 1.65. The number of hydrogen-bond acceptors (Lipinski definition) is 4. The van der Waals surface area contributed by atoms with Crippen LogP contribution in [0.2, 0.25) is 0 Å². The second-order valence-electron chi connectivity index (χ2n) is 4.03. The lowest BCUT2D eigenvalue weighted by atomic mass is 10.1. The number of carbonyl (C=O) groups excluding carboxylic acids is 1. The van der Waals surface area contributed by atoms with Gasteiger partial charge in [-0.15, -0.1) is 0 Å². The zero-order chi connectivity index (χ0) is 13.5. The third kappa shape index (κ3) is 4.21. The van der Waals surface area contributed by atoms with Crippen molar-refractivity contribution >= 4 is 11.9 Å². The van der Waals surface area contributed by atoms with E-state index in [0.717, 1.165) is 6.42 Å². The van der Waals surface area contributed by atoms with Gasteiger partial charge in [-0.3, -0.25) is 9.59 Å². The molecule has 0 aliphatic rings. The van der Waals surface area contributed by atoms with Gasteiger partial charge in [0.1, 0.15) is 5.76 Å². The summed E-state index contributed by atoms with van der Waals surface area (Å²) in [6, 6.07) is 2.77. The second-order valence-corrected chi connectivity index (χ2v) is 4.03. The van der Waals surface area contributed by atoms with Crippen LogP contribution in [-0.4, -0.2) is 23.0 Å². The number of nitrogens with two attached hydrogens (primary N) is 1. The molecule has 0 spiro atoms. The minimum Gasteiger partial charge on any atom is -0.481 e. The summed E-state index contributed by atoms with van der Waals surface area (Å²) in [4.78, 5) is 22.5. The van der Waals surface area contributed by atoms with Gasteiger partial charge in [0, 0.05) is 6.04 Å². The maximum absolute atomic E-state index is 11.8. The zero-order valence-electron chi connectivity index (χ0n) is 10.3. The van der Waals surface area contributed by atoms with Crippen molar-refractivity contribution in [1.29, 1.82) is 0 Å². The Morgan fingerprint density at radius 2 is 2.22 bits per heavy atom. The number of carboxylic acids is 1. The molecule has 18 heavy (non-hydrogen) atoms. The molecule has 0 aliphatic carbocycles. The molecule has 0 radical (unpaired) electrons. The van der Waals surface area contributed by atoms with Crippen LogP contribution in [0.1, 0.15) is 42.5 Å². The van der Waals surface area contributed by atoms with E-state index in [1.165, 1.54) is 6.07 Å². The number of carboxylic acid groups (broad SMARTS) is 1. The van der Waals surface area contributed by atoms with E-state index in [0.29, 0.717) is 12.2 Å². The van der Waals surface area contributed by atoms with Crippen molar-refractivity contribution in [3.05, 3.63) is 23.7 Å². The fraction of sp³-hybridized carbons (Fsp3) is 0.500. The highest BCUT2D eigenvalue weighted by Gasteiger charge is 2.18. The summed E-state index contributed by atoms with van der Waals surface area (Å²) in [5.74, 6) is -0.669. The van der Waals surface area contributed by atoms with E-state index >= 15 is 0 Å². The van der Waals surface area contributed by atoms with E-state index in [4.69, 9.17) is 15.3 Å². The van der Waals surface area contributed by atoms with Crippen molar-refractivity contribution in [1.82, 2.24) is 5.32 Å². The number of carbonyl (C=O) groups is 2. The van der Waals surface area contributed by atoms with Crippen molar-refractivity contribution < 1.29 is 19.1 Å². The monoisotopic (exact) mass is 254 g/mol. The first kappa shape index (κ1) is 14.2. The number of hydrogen-bond donors (Lipinski definition) is 3. The summed E-state index contributed by atoms with van der Waals surface area (Å²) < 4.78 is 5.19. The van der Waals surface area contributed by atoms with Crippen LogP contribution in [0.25, 0.3) is 0 Å². The van der Waals surface area contributed by atoms with Crippen molar-refractivity contribution in [3.63, 3.8) is 0 Å². The number of rotatable bonds is 7. The highest BCUT2D eigenvalue weighted by molar-refractivity contribution is 5.91. The summed E-state index contributed by atoms with van der Waals surface area (Å²) in [5.41, 5.74) is 5.37. The lowest BCUT2D eigenvalue weighted by Gasteiger charge is -2.14. The molecule has 1 rings (SSSR count). The van der Waals surface area contributed by atoms with Crippen LogP contribution in [-0.2, 0) is 11.3 Å². The Morgan fingerprint density at radius 3 is 2.72 bits per heavy atom. The molecule has 1 unspecified atom stereocenters. The van der Waals surface area contributed by atoms with Gasteiger partial charge in [-0.25, -0.2) is 0 Å². The molecule has 0 fully saturated rings. The second kappa shape index (κ2) is 6.80. The average Bonchev–Trinajstić information content (AvgIpc) is 2.76. The summed E-state index contributed by atoms with van der Waals surface area (Å²) in [5, 5.41) is 11.4. The van der Waals surface area contributed by atoms with Gasteiger partial charge in [-0.05, 0) is 18.6 Å². The normalized spacial score (nSPS) is 12.1. The molecule has 6 heteroatoms. The number of furan rings is 1. The van der Waals surface area contributed by atoms with Gasteiger partial charge in [0.05, 0.1) is 13.0 Å². The molecule has 0 aliphatic heterocycles. The first-order valence-electron chi connectivity index (χ1n) is 5.88. The summed E-state index contributed by atoms with van der Waals surface area (Å²) >= 11 is 0. The molecule has 1 atom stereocenters. The molecule has 0 bridgehead atoms. The highest BCUT2D eigenvalue weighted by Crippen LogP contribution is 2.09. The van der Waals surface area contributed by atoms with Gasteiger partial charge >= 0.3 is 5.97 Å². The largest absolute Gasteiger partial charge is 0.481 e. The molecule has 0 saturated carbocycles. The van der Waals surface area contributed by atoms with Gasteiger partial charge in [-0.2, -0.15) is 0 Å². The lowest BCUT2D eigenvalue weighted by Crippen LogP contribution is -2.36. The topological polar surface area (TPSA) is 106 Å². The highest BCUT2D eigenvalue weighted by atomic mass is 16.4. The van der Waals surface area contributed by atoms with Crippen LogP contribution in [0.5, 0.6) is 0 Å². The van der Waals surface area contributed by atoms with Gasteiger partial charge in [-0.1, -0.05) is 13.3 Å². The third-order valence-corrected chi connectivity index (χ3v) is 2.48. The molecule has 1 amide bonds. The van der Waals surface area contributed by atoms with E-state index in [1.54, 1.807) is 6.07 Å². The van der Waals surface area contributed by atoms with Crippen molar-refractivity contribution in [3.8, 4) is 0 Å². The standard InChI is InChI=1S/C12H18N2O4/c1-2-3-8(6-11(15)16)14-12(17)10-5-4-9(7-13)18-10/h4-5,8H,2-3,6-7,13H2,1H3,(H,14,17)(H,15,16). The van der Waals surface area contributed by atoms with Gasteiger partial charge in [0.15, 0.2) is 5.76 Å². The Morgan fingerprint density at radius 1 is 1.50 bits per heavy atom. The molecule has 1 aromatic heterocycles. The molecular weight excluding hydrogens is 236 g/mol. The van der Waals surface area contributed by atoms with Gasteiger partial charge in [0.25, 0.3) is 5.91 Å². The molecule has 4 N–H and O–H groups in total. The Bertz CT molecular complexity index is 414. The molecule has 100 valence electrons. The van der Waals surface area contributed by atoms with Gasteiger partial charge < -0.3 is 20.6 Å². The Balaban J connectivity index is 2.62. The average molecular weight is 254 g/mol. The third-order valence-electron chi connectivity index (χ3n) is 2.48. The predicted octanol–water partition coefficient (Wildman–Crippen LogP) is 1.11. The smallest absolute Gasteiger partial charge is 0.305 e. The fourth-order valence-corrected chi connectivity index (χ4v) is 1.65. The van der Waals surface area contributed by atoms with E-state index in [-0.39, 0.29) is 24.8 Å². The van der Waals surface area contributed by atoms with Crippen LogP contribution < -0.4 is 11.1 Å². The molecule has 1 aromatic rings. The SMILES string of the molecule is CCCC(CC(=O)O)NC(=O)c1ccc(CN)o1. The first-order chi connectivity index (χ1) is 8.56. The Hall–Kier alpha value is -1.82. The van der Waals surface area contributed by atoms with Crippen LogP contribution in [0.15, 0.2) is 16.5 Å². The first-order valence-corrected chi connectivity index (χ1v) is 5.88. The van der Waals surface area contributed by atoms with Crippen LogP contribution in [0, 0.1) is 0 Å². The lowest BCUT2D eigenvalue weighted by molar-refractivity contribution is -0.137. The Kier molecular flexibility index (Phi) is 5.38. The van der Waals surface area contributed by atoms with Gasteiger partial charge in [0.2, 0.25) is 0 Å². The number of nitrogens with one attached hydrogen (secondary N) is 1. The molecule has 0 aromatic carbocycles. The Labute approximate surface area is 105 Å². The summed E-state index contributed by atoms with van der Waals surface area (Å²) in [7, 11) is 0.